The molecule has 0 amide bonds. The van der Waals surface area contributed by atoms with Crippen molar-refractivity contribution in [3.63, 3.8) is 0 Å². The second kappa shape index (κ2) is 7.59. The summed E-state index contributed by atoms with van der Waals surface area (Å²) < 4.78 is 5.44. The van der Waals surface area contributed by atoms with E-state index in [1.54, 1.807) is 0 Å². The van der Waals surface area contributed by atoms with Crippen molar-refractivity contribution in [2.75, 3.05) is 19.0 Å². The predicted octanol–water partition coefficient (Wildman–Crippen LogP) is 4.26. The number of aromatic nitrogens is 1. The van der Waals surface area contributed by atoms with Gasteiger partial charge in [0.15, 0.2) is 5.78 Å². The number of esters is 1. The fourth-order valence-corrected chi connectivity index (χ4v) is 3.64. The Hall–Kier alpha value is -2.56. The minimum atomic E-state index is -0.379. The number of aromatic amines is 1. The molecule has 1 heterocycles. The first-order valence-electron chi connectivity index (χ1n) is 9.54. The highest BCUT2D eigenvalue weighted by Gasteiger charge is 2.32. The highest BCUT2D eigenvalue weighted by atomic mass is 16.5. The maximum atomic E-state index is 12.8. The summed E-state index contributed by atoms with van der Waals surface area (Å²) in [6.45, 7) is 5.67. The third-order valence-corrected chi connectivity index (χ3v) is 5.46. The van der Waals surface area contributed by atoms with Crippen molar-refractivity contribution in [2.24, 2.45) is 0 Å². The van der Waals surface area contributed by atoms with Crippen LogP contribution in [0, 0.1) is 6.92 Å². The monoisotopic (exact) mass is 368 g/mol. The van der Waals surface area contributed by atoms with Crippen molar-refractivity contribution in [1.29, 1.82) is 0 Å². The molecule has 0 bridgehead atoms. The first-order valence-corrected chi connectivity index (χ1v) is 9.54. The lowest BCUT2D eigenvalue weighted by molar-refractivity contribution is 0.0327. The first-order chi connectivity index (χ1) is 12.8. The average molecular weight is 368 g/mol. The van der Waals surface area contributed by atoms with E-state index in [1.165, 1.54) is 0 Å². The van der Waals surface area contributed by atoms with Crippen LogP contribution < -0.4 is 4.90 Å². The van der Waals surface area contributed by atoms with Crippen molar-refractivity contribution in [2.45, 2.75) is 52.1 Å². The maximum Gasteiger partial charge on any atom is 0.355 e. The van der Waals surface area contributed by atoms with Gasteiger partial charge in [0.1, 0.15) is 5.69 Å². The number of carbonyl (C=O) groups excluding carboxylic acids is 2. The van der Waals surface area contributed by atoms with Crippen LogP contribution in [0.15, 0.2) is 24.3 Å². The quantitative estimate of drug-likeness (QED) is 0.801. The van der Waals surface area contributed by atoms with Crippen molar-refractivity contribution >= 4 is 17.4 Å². The molecule has 0 saturated heterocycles. The van der Waals surface area contributed by atoms with Gasteiger partial charge in [0.25, 0.3) is 0 Å². The molecule has 2 aromatic rings. The predicted molar refractivity (Wildman–Crippen MR) is 107 cm³/mol. The molecule has 0 fully saturated rings. The van der Waals surface area contributed by atoms with Gasteiger partial charge in [-0.15, -0.1) is 0 Å². The Morgan fingerprint density at radius 1 is 1.26 bits per heavy atom. The second-order valence-electron chi connectivity index (χ2n) is 7.62. The van der Waals surface area contributed by atoms with E-state index >= 15 is 0 Å². The third-order valence-electron chi connectivity index (χ3n) is 5.46. The topological polar surface area (TPSA) is 62.4 Å². The van der Waals surface area contributed by atoms with Crippen molar-refractivity contribution in [3.05, 3.63) is 52.3 Å². The van der Waals surface area contributed by atoms with E-state index in [9.17, 15) is 9.59 Å². The number of fused-ring (bicyclic) bond motifs is 1. The number of ketones is 1. The number of carbonyl (C=O) groups is 2. The van der Waals surface area contributed by atoms with Crippen molar-refractivity contribution in [1.82, 2.24) is 4.98 Å². The van der Waals surface area contributed by atoms with Crippen LogP contribution in [0.5, 0.6) is 0 Å². The number of benzene rings is 1. The average Bonchev–Trinajstić information content (AvgIpc) is 2.98. The number of nitrogens with one attached hydrogen (secondary N) is 1. The molecular formula is C22H28N2O3. The molecule has 0 radical (unpaired) electrons. The molecule has 5 heteroatoms. The fraction of sp³-hybridized carbons (Fsp3) is 0.455. The van der Waals surface area contributed by atoms with Gasteiger partial charge in [-0.2, -0.15) is 0 Å². The Balaban J connectivity index is 1.86. The van der Waals surface area contributed by atoms with Gasteiger partial charge in [-0.1, -0.05) is 19.1 Å². The van der Waals surface area contributed by atoms with Crippen LogP contribution in [0.25, 0.3) is 0 Å². The second-order valence-corrected chi connectivity index (χ2v) is 7.62. The van der Waals surface area contributed by atoms with Gasteiger partial charge in [0.2, 0.25) is 0 Å². The standard InChI is InChI=1S/C22H28N2O3/c1-6-13(2)27-22(26)21-14(3)20-18(23-21)11-16(12-19(20)25)15-7-9-17(10-8-15)24(4)5/h7-10,13,16,23H,6,11-12H2,1-5H3/t13-,16-/m1/s1. The maximum absolute atomic E-state index is 12.8. The Morgan fingerprint density at radius 2 is 1.93 bits per heavy atom. The van der Waals surface area contributed by atoms with Gasteiger partial charge in [-0.05, 0) is 55.9 Å². The lowest BCUT2D eigenvalue weighted by Crippen LogP contribution is -2.18. The molecule has 0 saturated carbocycles. The van der Waals surface area contributed by atoms with E-state index in [4.69, 9.17) is 4.74 Å². The van der Waals surface area contributed by atoms with E-state index in [0.717, 1.165) is 29.8 Å². The van der Waals surface area contributed by atoms with Gasteiger partial charge in [0, 0.05) is 37.5 Å². The van der Waals surface area contributed by atoms with E-state index in [0.29, 0.717) is 23.2 Å². The Labute approximate surface area is 160 Å². The van der Waals surface area contributed by atoms with Crippen LogP contribution in [0.2, 0.25) is 0 Å². The van der Waals surface area contributed by atoms with Crippen molar-refractivity contribution in [3.8, 4) is 0 Å². The summed E-state index contributed by atoms with van der Waals surface area (Å²) in [5.41, 5.74) is 4.93. The van der Waals surface area contributed by atoms with E-state index in [-0.39, 0.29) is 23.8 Å². The van der Waals surface area contributed by atoms with Crippen molar-refractivity contribution < 1.29 is 14.3 Å². The van der Waals surface area contributed by atoms with E-state index in [1.807, 2.05) is 34.9 Å². The van der Waals surface area contributed by atoms with E-state index in [2.05, 4.69) is 34.1 Å². The number of ether oxygens (including phenoxy) is 1. The fourth-order valence-electron chi connectivity index (χ4n) is 3.64. The Morgan fingerprint density at radius 3 is 2.52 bits per heavy atom. The highest BCUT2D eigenvalue weighted by molar-refractivity contribution is 6.03. The Bertz CT molecular complexity index is 849. The molecule has 2 atom stereocenters. The number of nitrogens with zero attached hydrogens (tertiary/aromatic N) is 1. The number of anilines is 1. The number of H-pyrrole nitrogens is 1. The van der Waals surface area contributed by atoms with Crippen LogP contribution in [0.1, 0.15) is 70.3 Å². The van der Waals surface area contributed by atoms with Crippen LogP contribution in [-0.2, 0) is 11.2 Å². The molecular weight excluding hydrogens is 340 g/mol. The molecule has 0 unspecified atom stereocenters. The van der Waals surface area contributed by atoms with E-state index < -0.39 is 0 Å². The summed E-state index contributed by atoms with van der Waals surface area (Å²) in [6, 6.07) is 8.33. The molecule has 3 rings (SSSR count). The van der Waals surface area contributed by atoms with Crippen LogP contribution >= 0.6 is 0 Å². The summed E-state index contributed by atoms with van der Waals surface area (Å²) in [4.78, 5) is 30.5. The van der Waals surface area contributed by atoms with Gasteiger partial charge >= 0.3 is 5.97 Å². The zero-order chi connectivity index (χ0) is 19.7. The number of hydrogen-bond acceptors (Lipinski definition) is 4. The van der Waals surface area contributed by atoms with Gasteiger partial charge in [0.05, 0.1) is 6.10 Å². The minimum absolute atomic E-state index is 0.0919. The number of rotatable bonds is 5. The highest BCUT2D eigenvalue weighted by Crippen LogP contribution is 2.35. The summed E-state index contributed by atoms with van der Waals surface area (Å²) >= 11 is 0. The van der Waals surface area contributed by atoms with Crippen LogP contribution in [0.3, 0.4) is 0 Å². The summed E-state index contributed by atoms with van der Waals surface area (Å²) in [5, 5.41) is 0. The molecule has 0 spiro atoms. The summed E-state index contributed by atoms with van der Waals surface area (Å²) in [5.74, 6) is -0.164. The molecule has 1 aromatic carbocycles. The molecule has 1 aliphatic rings. The van der Waals surface area contributed by atoms with Gasteiger partial charge in [-0.25, -0.2) is 4.79 Å². The number of hydrogen-bond donors (Lipinski definition) is 1. The normalized spacial score (nSPS) is 17.4. The molecule has 1 aromatic heterocycles. The molecule has 5 nitrogen and oxygen atoms in total. The molecule has 0 aliphatic heterocycles. The van der Waals surface area contributed by atoms with Crippen LogP contribution in [0.4, 0.5) is 5.69 Å². The SMILES string of the molecule is CC[C@@H](C)OC(=O)c1[nH]c2c(c1C)C(=O)C[C@H](c1ccc(N(C)C)cc1)C2. The first kappa shape index (κ1) is 19.2. The zero-order valence-electron chi connectivity index (χ0n) is 16.8. The molecule has 1 N–H and O–H groups in total. The molecule has 27 heavy (non-hydrogen) atoms. The Kier molecular flexibility index (Phi) is 5.40. The summed E-state index contributed by atoms with van der Waals surface area (Å²) in [6.07, 6.45) is 1.80. The van der Waals surface area contributed by atoms with Gasteiger partial charge in [-0.3, -0.25) is 4.79 Å². The largest absolute Gasteiger partial charge is 0.458 e. The summed E-state index contributed by atoms with van der Waals surface area (Å²) in [7, 11) is 4.01. The van der Waals surface area contributed by atoms with Crippen LogP contribution in [-0.4, -0.2) is 36.9 Å². The molecule has 144 valence electrons. The lowest BCUT2D eigenvalue weighted by atomic mass is 9.81. The smallest absolute Gasteiger partial charge is 0.355 e. The molecule has 1 aliphatic carbocycles. The van der Waals surface area contributed by atoms with Gasteiger partial charge < -0.3 is 14.6 Å². The third kappa shape index (κ3) is 3.77. The zero-order valence-corrected chi connectivity index (χ0v) is 16.8. The minimum Gasteiger partial charge on any atom is -0.458 e. The lowest BCUT2D eigenvalue weighted by Gasteiger charge is -2.23. The number of Topliss-reactive ketones (excluding diaryl/α,β-unsaturated/α-hetero) is 1.